The maximum atomic E-state index is 10.8. The first-order chi connectivity index (χ1) is 7.35. The predicted octanol–water partition coefficient (Wildman–Crippen LogP) is 4.12. The number of rotatable bonds is 3. The lowest BCUT2D eigenvalue weighted by molar-refractivity contribution is 0.112. The zero-order valence-corrected chi connectivity index (χ0v) is 10.3. The number of hydrogen-bond acceptors (Lipinski definition) is 2. The second kappa shape index (κ2) is 4.73. The average Bonchev–Trinajstić information content (AvgIpc) is 2.77. The molecule has 0 fully saturated rings. The summed E-state index contributed by atoms with van der Waals surface area (Å²) in [6.45, 7) is 0. The lowest BCUT2D eigenvalue weighted by atomic mass is 10.1. The molecule has 3 heteroatoms. The minimum atomic E-state index is 0.793. The van der Waals surface area contributed by atoms with Crippen LogP contribution < -0.4 is 0 Å². The molecule has 0 atom stereocenters. The minimum absolute atomic E-state index is 0.793. The predicted molar refractivity (Wildman–Crippen MR) is 67.8 cm³/mol. The summed E-state index contributed by atoms with van der Waals surface area (Å²) in [5, 5.41) is 2.80. The van der Waals surface area contributed by atoms with Crippen molar-refractivity contribution < 1.29 is 4.79 Å². The first kappa shape index (κ1) is 10.6. The van der Waals surface area contributed by atoms with E-state index in [1.165, 1.54) is 16.9 Å². The lowest BCUT2D eigenvalue weighted by Gasteiger charge is -2.00. The van der Waals surface area contributed by atoms with Crippen LogP contribution in [0.3, 0.4) is 0 Å². The van der Waals surface area contributed by atoms with Crippen LogP contribution in [-0.4, -0.2) is 6.29 Å². The molecule has 0 amide bonds. The van der Waals surface area contributed by atoms with E-state index in [2.05, 4.69) is 28.1 Å². The van der Waals surface area contributed by atoms with E-state index in [0.29, 0.717) is 0 Å². The maximum absolute atomic E-state index is 10.8. The summed E-state index contributed by atoms with van der Waals surface area (Å²) in [5.74, 6) is 0. The van der Waals surface area contributed by atoms with Crippen molar-refractivity contribution in [3.63, 3.8) is 0 Å². The van der Waals surface area contributed by atoms with E-state index in [1.54, 1.807) is 0 Å². The second-order valence-corrected chi connectivity index (χ2v) is 4.66. The summed E-state index contributed by atoms with van der Waals surface area (Å²) in [7, 11) is 0. The van der Waals surface area contributed by atoms with Crippen LogP contribution in [0.25, 0.3) is 11.1 Å². The Labute approximate surface area is 101 Å². The van der Waals surface area contributed by atoms with Crippen molar-refractivity contribution in [1.82, 2.24) is 0 Å². The zero-order chi connectivity index (χ0) is 10.7. The Balaban J connectivity index is 2.41. The molecule has 0 saturated carbocycles. The zero-order valence-electron chi connectivity index (χ0n) is 7.94. The second-order valence-electron chi connectivity index (χ2n) is 3.15. The molecular formula is C12H9BrOS. The van der Waals surface area contributed by atoms with Crippen molar-refractivity contribution in [2.75, 3.05) is 0 Å². The molecule has 0 N–H and O–H groups in total. The van der Waals surface area contributed by atoms with Gasteiger partial charge in [-0.3, -0.25) is 4.79 Å². The van der Waals surface area contributed by atoms with Crippen molar-refractivity contribution >= 4 is 33.6 Å². The van der Waals surface area contributed by atoms with Gasteiger partial charge in [-0.1, -0.05) is 40.2 Å². The number of carbonyl (C=O) groups excluding carboxylic acids is 1. The van der Waals surface area contributed by atoms with Crippen molar-refractivity contribution in [1.29, 1.82) is 0 Å². The Kier molecular flexibility index (Phi) is 3.34. The number of carbonyl (C=O) groups is 1. The highest BCUT2D eigenvalue weighted by Crippen LogP contribution is 2.27. The van der Waals surface area contributed by atoms with E-state index in [9.17, 15) is 4.79 Å². The first-order valence-electron chi connectivity index (χ1n) is 4.53. The average molecular weight is 281 g/mol. The number of benzene rings is 1. The van der Waals surface area contributed by atoms with Gasteiger partial charge in [-0.2, -0.15) is 0 Å². The molecule has 0 unspecified atom stereocenters. The molecule has 0 bridgehead atoms. The number of thiophene rings is 1. The lowest BCUT2D eigenvalue weighted by Crippen LogP contribution is -1.81. The SMILES string of the molecule is O=Cc1sccc1-c1ccc(CBr)cc1. The van der Waals surface area contributed by atoms with Gasteiger partial charge in [-0.05, 0) is 22.6 Å². The van der Waals surface area contributed by atoms with E-state index >= 15 is 0 Å². The van der Waals surface area contributed by atoms with Gasteiger partial charge in [-0.15, -0.1) is 11.3 Å². The molecule has 1 aromatic heterocycles. The van der Waals surface area contributed by atoms with E-state index in [1.807, 2.05) is 23.6 Å². The van der Waals surface area contributed by atoms with Gasteiger partial charge in [0.2, 0.25) is 0 Å². The fraction of sp³-hybridized carbons (Fsp3) is 0.0833. The van der Waals surface area contributed by atoms with Crippen LogP contribution in [0.1, 0.15) is 15.2 Å². The van der Waals surface area contributed by atoms with E-state index in [0.717, 1.165) is 27.6 Å². The number of hydrogen-bond donors (Lipinski definition) is 0. The monoisotopic (exact) mass is 280 g/mol. The quantitative estimate of drug-likeness (QED) is 0.611. The molecule has 2 rings (SSSR count). The largest absolute Gasteiger partial charge is 0.297 e. The Hall–Kier alpha value is -0.930. The van der Waals surface area contributed by atoms with Gasteiger partial charge in [0.1, 0.15) is 0 Å². The Morgan fingerprint density at radius 3 is 2.53 bits per heavy atom. The highest BCUT2D eigenvalue weighted by molar-refractivity contribution is 9.08. The van der Waals surface area contributed by atoms with Gasteiger partial charge >= 0.3 is 0 Å². The standard InChI is InChI=1S/C12H9BrOS/c13-7-9-1-3-10(4-2-9)11-5-6-15-12(11)8-14/h1-6,8H,7H2. The normalized spacial score (nSPS) is 10.2. The third-order valence-electron chi connectivity index (χ3n) is 2.22. The van der Waals surface area contributed by atoms with Crippen LogP contribution in [0.5, 0.6) is 0 Å². The molecule has 1 heterocycles. The van der Waals surface area contributed by atoms with Crippen molar-refractivity contribution in [3.8, 4) is 11.1 Å². The summed E-state index contributed by atoms with van der Waals surface area (Å²) in [5.41, 5.74) is 3.36. The summed E-state index contributed by atoms with van der Waals surface area (Å²) < 4.78 is 0. The Morgan fingerprint density at radius 1 is 1.20 bits per heavy atom. The van der Waals surface area contributed by atoms with Gasteiger partial charge < -0.3 is 0 Å². The van der Waals surface area contributed by atoms with Crippen LogP contribution in [0, 0.1) is 0 Å². The smallest absolute Gasteiger partial charge is 0.160 e. The Morgan fingerprint density at radius 2 is 1.93 bits per heavy atom. The summed E-state index contributed by atoms with van der Waals surface area (Å²) in [4.78, 5) is 11.6. The molecule has 0 aliphatic carbocycles. The highest BCUT2D eigenvalue weighted by atomic mass is 79.9. The van der Waals surface area contributed by atoms with Gasteiger partial charge in [0.15, 0.2) is 6.29 Å². The molecule has 0 aliphatic rings. The van der Waals surface area contributed by atoms with Crippen molar-refractivity contribution in [2.24, 2.45) is 0 Å². The third kappa shape index (κ3) is 2.19. The molecule has 0 radical (unpaired) electrons. The van der Waals surface area contributed by atoms with Gasteiger partial charge in [0.25, 0.3) is 0 Å². The molecule has 0 saturated heterocycles. The summed E-state index contributed by atoms with van der Waals surface area (Å²) >= 11 is 4.88. The molecule has 15 heavy (non-hydrogen) atoms. The summed E-state index contributed by atoms with van der Waals surface area (Å²) in [6, 6.07) is 10.2. The van der Waals surface area contributed by atoms with Crippen LogP contribution in [0.4, 0.5) is 0 Å². The van der Waals surface area contributed by atoms with Crippen LogP contribution in [-0.2, 0) is 5.33 Å². The topological polar surface area (TPSA) is 17.1 Å². The highest BCUT2D eigenvalue weighted by Gasteiger charge is 2.05. The van der Waals surface area contributed by atoms with Crippen LogP contribution in [0.2, 0.25) is 0 Å². The van der Waals surface area contributed by atoms with Crippen LogP contribution in [0.15, 0.2) is 35.7 Å². The van der Waals surface area contributed by atoms with E-state index in [4.69, 9.17) is 0 Å². The first-order valence-corrected chi connectivity index (χ1v) is 6.53. The minimum Gasteiger partial charge on any atom is -0.297 e. The number of halogens is 1. The molecule has 76 valence electrons. The fourth-order valence-electron chi connectivity index (χ4n) is 1.42. The van der Waals surface area contributed by atoms with Crippen molar-refractivity contribution in [3.05, 3.63) is 46.2 Å². The Bertz CT molecular complexity index is 459. The molecule has 0 aliphatic heterocycles. The summed E-state index contributed by atoms with van der Waals surface area (Å²) in [6.07, 6.45) is 0.915. The fourth-order valence-corrected chi connectivity index (χ4v) is 2.52. The molecule has 0 spiro atoms. The molecule has 1 aromatic carbocycles. The maximum Gasteiger partial charge on any atom is 0.160 e. The van der Waals surface area contributed by atoms with Crippen LogP contribution >= 0.6 is 27.3 Å². The molecule has 1 nitrogen and oxygen atoms in total. The van der Waals surface area contributed by atoms with Gasteiger partial charge in [-0.25, -0.2) is 0 Å². The van der Waals surface area contributed by atoms with Crippen molar-refractivity contribution in [2.45, 2.75) is 5.33 Å². The molecular weight excluding hydrogens is 272 g/mol. The van der Waals surface area contributed by atoms with E-state index < -0.39 is 0 Å². The number of alkyl halides is 1. The van der Waals surface area contributed by atoms with Gasteiger partial charge in [0.05, 0.1) is 4.88 Å². The number of aldehydes is 1. The molecule has 2 aromatic rings. The van der Waals surface area contributed by atoms with Gasteiger partial charge in [0, 0.05) is 10.9 Å². The van der Waals surface area contributed by atoms with E-state index in [-0.39, 0.29) is 0 Å². The third-order valence-corrected chi connectivity index (χ3v) is 3.71.